The van der Waals surface area contributed by atoms with Gasteiger partial charge in [0.25, 0.3) is 0 Å². The lowest BCUT2D eigenvalue weighted by Gasteiger charge is -2.22. The monoisotopic (exact) mass is 451 g/mol. The standard InChI is InChI=1S/C26H24F3N3O/c1-2-18-8-5-10-20-22(16-32-25(18)20)21(19-9-3-4-11-23(19)26(27,28)29)13-24(33)31-15-17-7-6-12-30-14-17/h3-12,14,16,21,32H,2,13,15H2,1H3,(H,31,33). The van der Waals surface area contributed by atoms with Gasteiger partial charge in [0.1, 0.15) is 0 Å². The van der Waals surface area contributed by atoms with Gasteiger partial charge in [0.05, 0.1) is 5.56 Å². The number of fused-ring (bicyclic) bond motifs is 1. The van der Waals surface area contributed by atoms with E-state index >= 15 is 0 Å². The molecule has 2 N–H and O–H groups in total. The van der Waals surface area contributed by atoms with Crippen molar-refractivity contribution in [3.63, 3.8) is 0 Å². The van der Waals surface area contributed by atoms with Crippen molar-refractivity contribution in [2.75, 3.05) is 0 Å². The van der Waals surface area contributed by atoms with E-state index in [0.717, 1.165) is 34.5 Å². The largest absolute Gasteiger partial charge is 0.416 e. The molecule has 1 amide bonds. The van der Waals surface area contributed by atoms with Gasteiger partial charge in [-0.1, -0.05) is 49.4 Å². The van der Waals surface area contributed by atoms with Crippen LogP contribution in [0.5, 0.6) is 0 Å². The minimum Gasteiger partial charge on any atom is -0.361 e. The Bertz CT molecular complexity index is 1250. The zero-order chi connectivity index (χ0) is 23.4. The maximum absolute atomic E-state index is 13.9. The van der Waals surface area contributed by atoms with E-state index in [9.17, 15) is 18.0 Å². The minimum atomic E-state index is -4.53. The Morgan fingerprint density at radius 2 is 1.88 bits per heavy atom. The molecular weight excluding hydrogens is 427 g/mol. The minimum absolute atomic E-state index is 0.0873. The van der Waals surface area contributed by atoms with Crippen LogP contribution in [0, 0.1) is 0 Å². The van der Waals surface area contributed by atoms with Gasteiger partial charge in [0.15, 0.2) is 0 Å². The molecule has 0 radical (unpaired) electrons. The smallest absolute Gasteiger partial charge is 0.361 e. The van der Waals surface area contributed by atoms with E-state index in [2.05, 4.69) is 15.3 Å². The van der Waals surface area contributed by atoms with Gasteiger partial charge in [-0.25, -0.2) is 0 Å². The van der Waals surface area contributed by atoms with Gasteiger partial charge in [0, 0.05) is 48.4 Å². The highest BCUT2D eigenvalue weighted by Gasteiger charge is 2.36. The molecule has 1 atom stereocenters. The lowest BCUT2D eigenvalue weighted by atomic mass is 9.84. The summed E-state index contributed by atoms with van der Waals surface area (Å²) in [5, 5.41) is 3.65. The summed E-state index contributed by atoms with van der Waals surface area (Å²) in [6, 6.07) is 14.9. The first kappa shape index (κ1) is 22.6. The molecule has 0 saturated heterocycles. The number of carbonyl (C=O) groups excluding carboxylic acids is 1. The van der Waals surface area contributed by atoms with E-state index in [1.54, 1.807) is 30.7 Å². The molecule has 7 heteroatoms. The zero-order valence-electron chi connectivity index (χ0n) is 18.1. The molecule has 0 bridgehead atoms. The van der Waals surface area contributed by atoms with Crippen LogP contribution in [0.15, 0.2) is 73.2 Å². The third-order valence-electron chi connectivity index (χ3n) is 5.83. The van der Waals surface area contributed by atoms with E-state index in [1.165, 1.54) is 12.1 Å². The van der Waals surface area contributed by atoms with Gasteiger partial charge in [-0.05, 0) is 40.8 Å². The van der Waals surface area contributed by atoms with Crippen molar-refractivity contribution in [3.05, 3.63) is 101 Å². The fourth-order valence-corrected chi connectivity index (χ4v) is 4.23. The van der Waals surface area contributed by atoms with Crippen LogP contribution in [0.25, 0.3) is 10.9 Å². The maximum Gasteiger partial charge on any atom is 0.416 e. The second kappa shape index (κ2) is 9.48. The van der Waals surface area contributed by atoms with Crippen molar-refractivity contribution >= 4 is 16.8 Å². The van der Waals surface area contributed by atoms with Gasteiger partial charge in [-0.3, -0.25) is 9.78 Å². The normalized spacial score (nSPS) is 12.6. The molecular formula is C26H24F3N3O. The predicted molar refractivity (Wildman–Crippen MR) is 122 cm³/mol. The fraction of sp³-hybridized carbons (Fsp3) is 0.231. The van der Waals surface area contributed by atoms with E-state index in [0.29, 0.717) is 5.56 Å². The number of benzene rings is 2. The number of amides is 1. The molecule has 0 aliphatic heterocycles. The predicted octanol–water partition coefficient (Wildman–Crippen LogP) is 5.98. The number of hydrogen-bond acceptors (Lipinski definition) is 2. The number of alkyl halides is 3. The van der Waals surface area contributed by atoms with E-state index in [-0.39, 0.29) is 24.4 Å². The van der Waals surface area contributed by atoms with Crippen molar-refractivity contribution in [1.29, 1.82) is 0 Å². The highest BCUT2D eigenvalue weighted by molar-refractivity contribution is 5.88. The number of para-hydroxylation sites is 1. The molecule has 2 aromatic carbocycles. The molecule has 4 aromatic rings. The Balaban J connectivity index is 1.73. The summed E-state index contributed by atoms with van der Waals surface area (Å²) in [5.74, 6) is -1.10. The van der Waals surface area contributed by atoms with Crippen molar-refractivity contribution in [1.82, 2.24) is 15.3 Å². The van der Waals surface area contributed by atoms with Crippen LogP contribution in [0.2, 0.25) is 0 Å². The molecule has 2 aromatic heterocycles. The average Bonchev–Trinajstić information content (AvgIpc) is 3.25. The lowest BCUT2D eigenvalue weighted by molar-refractivity contribution is -0.138. The van der Waals surface area contributed by atoms with Crippen LogP contribution < -0.4 is 5.32 Å². The molecule has 33 heavy (non-hydrogen) atoms. The molecule has 4 nitrogen and oxygen atoms in total. The van der Waals surface area contributed by atoms with E-state index < -0.39 is 17.7 Å². The number of halogens is 3. The number of nitrogens with zero attached hydrogens (tertiary/aromatic N) is 1. The quantitative estimate of drug-likeness (QED) is 0.363. The molecule has 1 unspecified atom stereocenters. The molecule has 0 spiro atoms. The topological polar surface area (TPSA) is 57.8 Å². The number of rotatable bonds is 7. The molecule has 170 valence electrons. The average molecular weight is 451 g/mol. The Morgan fingerprint density at radius 1 is 1.06 bits per heavy atom. The lowest BCUT2D eigenvalue weighted by Crippen LogP contribution is -2.25. The van der Waals surface area contributed by atoms with Crippen LogP contribution in [0.3, 0.4) is 0 Å². The Labute approximate surface area is 189 Å². The summed E-state index contributed by atoms with van der Waals surface area (Å²) in [6.45, 7) is 2.28. The van der Waals surface area contributed by atoms with Gasteiger partial charge >= 0.3 is 6.18 Å². The van der Waals surface area contributed by atoms with Crippen LogP contribution in [-0.4, -0.2) is 15.9 Å². The Kier molecular flexibility index (Phi) is 6.49. The molecule has 0 fully saturated rings. The number of carbonyl (C=O) groups is 1. The molecule has 0 saturated carbocycles. The molecule has 0 aliphatic rings. The van der Waals surface area contributed by atoms with Gasteiger partial charge in [0.2, 0.25) is 5.91 Å². The number of aromatic nitrogens is 2. The highest BCUT2D eigenvalue weighted by Crippen LogP contribution is 2.41. The number of aromatic amines is 1. The highest BCUT2D eigenvalue weighted by atomic mass is 19.4. The summed E-state index contributed by atoms with van der Waals surface area (Å²) in [4.78, 5) is 20.1. The van der Waals surface area contributed by atoms with Crippen molar-refractivity contribution in [3.8, 4) is 0 Å². The second-order valence-corrected chi connectivity index (χ2v) is 7.92. The summed E-state index contributed by atoms with van der Waals surface area (Å²) >= 11 is 0. The van der Waals surface area contributed by atoms with Crippen LogP contribution in [0.1, 0.15) is 47.1 Å². The van der Waals surface area contributed by atoms with E-state index in [4.69, 9.17) is 0 Å². The van der Waals surface area contributed by atoms with Crippen LogP contribution >= 0.6 is 0 Å². The molecule has 0 aliphatic carbocycles. The number of H-pyrrole nitrogens is 1. The first-order chi connectivity index (χ1) is 15.9. The first-order valence-corrected chi connectivity index (χ1v) is 10.8. The summed E-state index contributed by atoms with van der Waals surface area (Å²) in [7, 11) is 0. The van der Waals surface area contributed by atoms with Crippen molar-refractivity contribution in [2.24, 2.45) is 0 Å². The SMILES string of the molecule is CCc1cccc2c(C(CC(=O)NCc3cccnc3)c3ccccc3C(F)(F)F)c[nH]c12. The number of hydrogen-bond donors (Lipinski definition) is 2. The molecule has 2 heterocycles. The number of nitrogens with one attached hydrogen (secondary N) is 2. The maximum atomic E-state index is 13.9. The Morgan fingerprint density at radius 3 is 2.61 bits per heavy atom. The van der Waals surface area contributed by atoms with Gasteiger partial charge in [-0.2, -0.15) is 13.2 Å². The van der Waals surface area contributed by atoms with Crippen LogP contribution in [0.4, 0.5) is 13.2 Å². The Hall–Kier alpha value is -3.61. The zero-order valence-corrected chi connectivity index (χ0v) is 18.1. The third kappa shape index (κ3) is 4.92. The summed E-state index contributed by atoms with van der Waals surface area (Å²) < 4.78 is 41.6. The second-order valence-electron chi connectivity index (χ2n) is 7.92. The third-order valence-corrected chi connectivity index (χ3v) is 5.83. The van der Waals surface area contributed by atoms with E-state index in [1.807, 2.05) is 31.2 Å². The first-order valence-electron chi connectivity index (χ1n) is 10.8. The van der Waals surface area contributed by atoms with Crippen molar-refractivity contribution < 1.29 is 18.0 Å². The van der Waals surface area contributed by atoms with Gasteiger partial charge in [-0.15, -0.1) is 0 Å². The fourth-order valence-electron chi connectivity index (χ4n) is 4.23. The molecule has 4 rings (SSSR count). The summed E-state index contributed by atoms with van der Waals surface area (Å²) in [6.07, 6.45) is 1.15. The van der Waals surface area contributed by atoms with Crippen molar-refractivity contribution in [2.45, 2.75) is 38.4 Å². The summed E-state index contributed by atoms with van der Waals surface area (Å²) in [5.41, 5.74) is 2.81. The number of aryl methyl sites for hydroxylation is 1. The van der Waals surface area contributed by atoms with Crippen LogP contribution in [-0.2, 0) is 23.9 Å². The number of pyridine rings is 1. The van der Waals surface area contributed by atoms with Gasteiger partial charge < -0.3 is 10.3 Å².